The fourth-order valence-electron chi connectivity index (χ4n) is 3.98. The number of nitrogens with one attached hydrogen (secondary N) is 1. The standard InChI is InChI=1S/C30H31NO5/c1-4-6-7-21-8-13-23(14-9-21)31-27(32)19-35-30-28(33)25-18-20(5-2)10-17-26(25)36-29(30)22-11-15-24(34-3)16-12-22/h8-18H,4-7,19H2,1-3H3,(H,31,32). The molecule has 0 unspecified atom stereocenters. The van der Waals surface area contributed by atoms with E-state index in [9.17, 15) is 9.59 Å². The Labute approximate surface area is 210 Å². The zero-order valence-electron chi connectivity index (χ0n) is 20.9. The van der Waals surface area contributed by atoms with Crippen LogP contribution in [0.2, 0.25) is 0 Å². The van der Waals surface area contributed by atoms with Crippen LogP contribution in [0.4, 0.5) is 5.69 Å². The van der Waals surface area contributed by atoms with Gasteiger partial charge in [0.2, 0.25) is 11.2 Å². The summed E-state index contributed by atoms with van der Waals surface area (Å²) in [5.74, 6) is 0.592. The van der Waals surface area contributed by atoms with Gasteiger partial charge in [-0.1, -0.05) is 38.5 Å². The van der Waals surface area contributed by atoms with Crippen molar-refractivity contribution >= 4 is 22.6 Å². The Morgan fingerprint density at radius 2 is 1.67 bits per heavy atom. The molecule has 0 aliphatic rings. The van der Waals surface area contributed by atoms with E-state index in [1.165, 1.54) is 5.56 Å². The average molecular weight is 486 g/mol. The summed E-state index contributed by atoms with van der Waals surface area (Å²) in [6, 6.07) is 20.5. The van der Waals surface area contributed by atoms with E-state index in [0.717, 1.165) is 31.2 Å². The van der Waals surface area contributed by atoms with Crippen LogP contribution in [-0.2, 0) is 17.6 Å². The average Bonchev–Trinajstić information content (AvgIpc) is 2.92. The molecule has 4 rings (SSSR count). The number of benzene rings is 3. The molecule has 1 heterocycles. The SMILES string of the molecule is CCCCc1ccc(NC(=O)COc2c(-c3ccc(OC)cc3)oc3ccc(CC)cc3c2=O)cc1. The molecule has 36 heavy (non-hydrogen) atoms. The second-order valence-electron chi connectivity index (χ2n) is 8.64. The lowest BCUT2D eigenvalue weighted by Crippen LogP contribution is -2.22. The molecule has 1 aromatic heterocycles. The second-order valence-corrected chi connectivity index (χ2v) is 8.64. The van der Waals surface area contributed by atoms with Gasteiger partial charge < -0.3 is 19.2 Å². The first-order chi connectivity index (χ1) is 17.5. The van der Waals surface area contributed by atoms with Crippen molar-refractivity contribution in [1.82, 2.24) is 0 Å². The van der Waals surface area contributed by atoms with E-state index >= 15 is 0 Å². The Bertz CT molecular complexity index is 1390. The van der Waals surface area contributed by atoms with Crippen LogP contribution in [0.5, 0.6) is 11.5 Å². The van der Waals surface area contributed by atoms with Crippen LogP contribution in [0.3, 0.4) is 0 Å². The van der Waals surface area contributed by atoms with Crippen molar-refractivity contribution in [3.05, 3.63) is 88.1 Å². The molecule has 0 saturated carbocycles. The molecule has 0 radical (unpaired) electrons. The first-order valence-corrected chi connectivity index (χ1v) is 12.3. The summed E-state index contributed by atoms with van der Waals surface area (Å²) in [5, 5.41) is 3.25. The van der Waals surface area contributed by atoms with Crippen LogP contribution in [0.25, 0.3) is 22.3 Å². The molecule has 0 aliphatic carbocycles. The number of rotatable bonds is 10. The van der Waals surface area contributed by atoms with E-state index in [1.54, 1.807) is 37.4 Å². The molecule has 0 saturated heterocycles. The van der Waals surface area contributed by atoms with Gasteiger partial charge in [0.15, 0.2) is 12.4 Å². The maximum atomic E-state index is 13.5. The lowest BCUT2D eigenvalue weighted by Gasteiger charge is -2.13. The van der Waals surface area contributed by atoms with E-state index < -0.39 is 0 Å². The molecule has 0 fully saturated rings. The summed E-state index contributed by atoms with van der Waals surface area (Å²) in [6.07, 6.45) is 4.06. The van der Waals surface area contributed by atoms with Gasteiger partial charge >= 0.3 is 0 Å². The van der Waals surface area contributed by atoms with E-state index in [1.807, 2.05) is 43.3 Å². The van der Waals surface area contributed by atoms with Crippen LogP contribution in [0.15, 0.2) is 75.9 Å². The van der Waals surface area contributed by atoms with E-state index in [-0.39, 0.29) is 29.5 Å². The largest absolute Gasteiger partial charge is 0.497 e. The number of fused-ring (bicyclic) bond motifs is 1. The van der Waals surface area contributed by atoms with Crippen molar-refractivity contribution in [2.24, 2.45) is 0 Å². The minimum Gasteiger partial charge on any atom is -0.497 e. The van der Waals surface area contributed by atoms with Crippen LogP contribution in [0, 0.1) is 0 Å². The number of methoxy groups -OCH3 is 1. The Hall–Kier alpha value is -4.06. The van der Waals surface area contributed by atoms with Crippen LogP contribution in [0.1, 0.15) is 37.8 Å². The maximum absolute atomic E-state index is 13.5. The van der Waals surface area contributed by atoms with Crippen molar-refractivity contribution in [3.8, 4) is 22.8 Å². The second kappa shape index (κ2) is 11.6. The number of hydrogen-bond donors (Lipinski definition) is 1. The third-order valence-electron chi connectivity index (χ3n) is 6.08. The number of aryl methyl sites for hydroxylation is 2. The Balaban J connectivity index is 1.60. The highest BCUT2D eigenvalue weighted by Crippen LogP contribution is 2.32. The molecule has 186 valence electrons. The highest BCUT2D eigenvalue weighted by Gasteiger charge is 2.19. The molecule has 4 aromatic rings. The number of carbonyl (C=O) groups is 1. The van der Waals surface area contributed by atoms with Gasteiger partial charge in [-0.05, 0) is 78.9 Å². The van der Waals surface area contributed by atoms with Gasteiger partial charge in [0.05, 0.1) is 12.5 Å². The molecule has 0 atom stereocenters. The van der Waals surface area contributed by atoms with E-state index in [0.29, 0.717) is 28.0 Å². The molecule has 3 aromatic carbocycles. The normalized spacial score (nSPS) is 10.9. The first kappa shape index (κ1) is 25.0. The van der Waals surface area contributed by atoms with Crippen molar-refractivity contribution < 1.29 is 18.7 Å². The minimum absolute atomic E-state index is 0.00554. The number of ether oxygens (including phenoxy) is 2. The molecule has 0 spiro atoms. The minimum atomic E-state index is -0.362. The molecular formula is C30H31NO5. The Morgan fingerprint density at radius 1 is 0.944 bits per heavy atom. The predicted molar refractivity (Wildman–Crippen MR) is 143 cm³/mol. The number of anilines is 1. The zero-order chi connectivity index (χ0) is 25.5. The van der Waals surface area contributed by atoms with Gasteiger partial charge in [0.25, 0.3) is 5.91 Å². The van der Waals surface area contributed by atoms with Gasteiger partial charge in [-0.25, -0.2) is 0 Å². The molecular weight excluding hydrogens is 454 g/mol. The maximum Gasteiger partial charge on any atom is 0.262 e. The van der Waals surface area contributed by atoms with Gasteiger partial charge in [-0.2, -0.15) is 0 Å². The first-order valence-electron chi connectivity index (χ1n) is 12.3. The molecule has 1 N–H and O–H groups in total. The van der Waals surface area contributed by atoms with Gasteiger partial charge in [0.1, 0.15) is 11.3 Å². The number of unbranched alkanes of at least 4 members (excludes halogenated alkanes) is 1. The van der Waals surface area contributed by atoms with Crippen LogP contribution < -0.4 is 20.2 Å². The number of hydrogen-bond acceptors (Lipinski definition) is 5. The highest BCUT2D eigenvalue weighted by atomic mass is 16.5. The van der Waals surface area contributed by atoms with Crippen molar-refractivity contribution in [3.63, 3.8) is 0 Å². The monoisotopic (exact) mass is 485 g/mol. The highest BCUT2D eigenvalue weighted by molar-refractivity contribution is 5.92. The van der Waals surface area contributed by atoms with Gasteiger partial charge in [0, 0.05) is 11.3 Å². The predicted octanol–water partition coefficient (Wildman–Crippen LogP) is 6.39. The van der Waals surface area contributed by atoms with Crippen LogP contribution >= 0.6 is 0 Å². The third kappa shape index (κ3) is 5.77. The number of carbonyl (C=O) groups excluding carboxylic acids is 1. The van der Waals surface area contributed by atoms with Crippen molar-refractivity contribution in [1.29, 1.82) is 0 Å². The summed E-state index contributed by atoms with van der Waals surface area (Å²) >= 11 is 0. The fourth-order valence-corrected chi connectivity index (χ4v) is 3.98. The molecule has 6 heteroatoms. The molecule has 1 amide bonds. The summed E-state index contributed by atoms with van der Waals surface area (Å²) in [4.78, 5) is 26.1. The lowest BCUT2D eigenvalue weighted by atomic mass is 10.1. The zero-order valence-corrected chi connectivity index (χ0v) is 20.9. The molecule has 6 nitrogen and oxygen atoms in total. The topological polar surface area (TPSA) is 77.8 Å². The quantitative estimate of drug-likeness (QED) is 0.282. The lowest BCUT2D eigenvalue weighted by molar-refractivity contribution is -0.118. The molecule has 0 bridgehead atoms. The third-order valence-corrected chi connectivity index (χ3v) is 6.08. The Morgan fingerprint density at radius 3 is 2.33 bits per heavy atom. The summed E-state index contributed by atoms with van der Waals surface area (Å²) in [5.41, 5.74) is 3.71. The summed E-state index contributed by atoms with van der Waals surface area (Å²) in [6.45, 7) is 3.85. The van der Waals surface area contributed by atoms with Crippen LogP contribution in [-0.4, -0.2) is 19.6 Å². The summed E-state index contributed by atoms with van der Waals surface area (Å²) < 4.78 is 17.2. The number of amides is 1. The Kier molecular flexibility index (Phi) is 8.06. The van der Waals surface area contributed by atoms with Gasteiger partial charge in [-0.3, -0.25) is 9.59 Å². The fraction of sp³-hybridized carbons (Fsp3) is 0.267. The van der Waals surface area contributed by atoms with Crippen molar-refractivity contribution in [2.45, 2.75) is 39.5 Å². The smallest absolute Gasteiger partial charge is 0.262 e. The summed E-state index contributed by atoms with van der Waals surface area (Å²) in [7, 11) is 1.59. The molecule has 0 aliphatic heterocycles. The van der Waals surface area contributed by atoms with Crippen molar-refractivity contribution in [2.75, 3.05) is 19.0 Å². The van der Waals surface area contributed by atoms with Gasteiger partial charge in [-0.15, -0.1) is 0 Å². The van der Waals surface area contributed by atoms with E-state index in [2.05, 4.69) is 12.2 Å². The van der Waals surface area contributed by atoms with E-state index in [4.69, 9.17) is 13.9 Å².